The number of hydrogen-bond donors (Lipinski definition) is 1. The zero-order chi connectivity index (χ0) is 10.7. The molecule has 1 aromatic rings. The molecule has 0 bridgehead atoms. The third-order valence-electron chi connectivity index (χ3n) is 2.61. The highest BCUT2D eigenvalue weighted by molar-refractivity contribution is 5.34. The van der Waals surface area contributed by atoms with Crippen molar-refractivity contribution in [1.29, 1.82) is 0 Å². The number of rotatable bonds is 5. The van der Waals surface area contributed by atoms with E-state index in [1.54, 1.807) is 6.07 Å². The summed E-state index contributed by atoms with van der Waals surface area (Å²) >= 11 is 0. The summed E-state index contributed by atoms with van der Waals surface area (Å²) in [7, 11) is 0. The fourth-order valence-corrected chi connectivity index (χ4v) is 1.52. The van der Waals surface area contributed by atoms with Crippen LogP contribution >= 0.6 is 0 Å². The van der Waals surface area contributed by atoms with Crippen LogP contribution in [0.4, 0.5) is 4.39 Å². The highest BCUT2D eigenvalue weighted by atomic mass is 19.1. The predicted octanol–water partition coefficient (Wildman–Crippen LogP) is 2.12. The van der Waals surface area contributed by atoms with Gasteiger partial charge in [0.15, 0.2) is 0 Å². The van der Waals surface area contributed by atoms with Crippen molar-refractivity contribution in [3.05, 3.63) is 29.6 Å². The van der Waals surface area contributed by atoms with E-state index in [9.17, 15) is 4.39 Å². The molecule has 0 atom stereocenters. The Morgan fingerprint density at radius 3 is 2.87 bits per heavy atom. The predicted molar refractivity (Wildman–Crippen MR) is 57.4 cm³/mol. The fraction of sp³-hybridized carbons (Fsp3) is 0.500. The molecule has 15 heavy (non-hydrogen) atoms. The first-order valence-electron chi connectivity index (χ1n) is 5.41. The highest BCUT2D eigenvalue weighted by Gasteiger charge is 2.22. The molecule has 1 fully saturated rings. The molecule has 0 amide bonds. The lowest BCUT2D eigenvalue weighted by atomic mass is 10.1. The summed E-state index contributed by atoms with van der Waals surface area (Å²) in [5, 5.41) is 0. The van der Waals surface area contributed by atoms with Crippen LogP contribution in [0.25, 0.3) is 0 Å². The molecule has 3 heteroatoms. The second-order valence-electron chi connectivity index (χ2n) is 4.05. The minimum atomic E-state index is -0.249. The zero-order valence-corrected chi connectivity index (χ0v) is 8.71. The van der Waals surface area contributed by atoms with E-state index in [-0.39, 0.29) is 5.82 Å². The molecule has 0 heterocycles. The zero-order valence-electron chi connectivity index (χ0n) is 8.71. The summed E-state index contributed by atoms with van der Waals surface area (Å²) in [6.45, 7) is 1.27. The SMILES string of the molecule is NCCc1ccc(F)cc1OCC1CC1. The first-order chi connectivity index (χ1) is 7.29. The quantitative estimate of drug-likeness (QED) is 0.806. The fourth-order valence-electron chi connectivity index (χ4n) is 1.52. The van der Waals surface area contributed by atoms with Gasteiger partial charge in [0.25, 0.3) is 0 Å². The van der Waals surface area contributed by atoms with Gasteiger partial charge in [-0.3, -0.25) is 0 Å². The Morgan fingerprint density at radius 1 is 1.40 bits per heavy atom. The Kier molecular flexibility index (Phi) is 3.21. The molecule has 0 unspecified atom stereocenters. The number of halogens is 1. The lowest BCUT2D eigenvalue weighted by Crippen LogP contribution is -2.07. The van der Waals surface area contributed by atoms with Crippen LogP contribution in [-0.4, -0.2) is 13.2 Å². The topological polar surface area (TPSA) is 35.2 Å². The Hall–Kier alpha value is -1.09. The summed E-state index contributed by atoms with van der Waals surface area (Å²) < 4.78 is 18.6. The lowest BCUT2D eigenvalue weighted by Gasteiger charge is -2.10. The van der Waals surface area contributed by atoms with Crippen LogP contribution in [0, 0.1) is 11.7 Å². The minimum Gasteiger partial charge on any atom is -0.493 e. The Bertz CT molecular complexity index is 336. The molecule has 1 aromatic carbocycles. The van der Waals surface area contributed by atoms with E-state index in [0.717, 1.165) is 12.0 Å². The molecule has 1 aliphatic carbocycles. The van der Waals surface area contributed by atoms with Gasteiger partial charge in [-0.25, -0.2) is 4.39 Å². The second kappa shape index (κ2) is 4.62. The van der Waals surface area contributed by atoms with Gasteiger partial charge < -0.3 is 10.5 Å². The van der Waals surface area contributed by atoms with Crippen molar-refractivity contribution in [3.8, 4) is 5.75 Å². The van der Waals surface area contributed by atoms with Gasteiger partial charge in [0, 0.05) is 6.07 Å². The van der Waals surface area contributed by atoms with Gasteiger partial charge >= 0.3 is 0 Å². The summed E-state index contributed by atoms with van der Waals surface area (Å²) in [6, 6.07) is 4.66. The number of hydrogen-bond acceptors (Lipinski definition) is 2. The summed E-state index contributed by atoms with van der Waals surface area (Å²) in [5.41, 5.74) is 6.49. The van der Waals surface area contributed by atoms with E-state index in [1.807, 2.05) is 0 Å². The first kappa shape index (κ1) is 10.4. The maximum absolute atomic E-state index is 13.0. The van der Waals surface area contributed by atoms with Crippen molar-refractivity contribution in [2.24, 2.45) is 11.7 Å². The van der Waals surface area contributed by atoms with E-state index >= 15 is 0 Å². The van der Waals surface area contributed by atoms with Crippen LogP contribution in [-0.2, 0) is 6.42 Å². The van der Waals surface area contributed by atoms with Gasteiger partial charge in [-0.05, 0) is 43.4 Å². The molecule has 2 rings (SSSR count). The number of benzene rings is 1. The monoisotopic (exact) mass is 209 g/mol. The van der Waals surface area contributed by atoms with Crippen LogP contribution in [0.3, 0.4) is 0 Å². The largest absolute Gasteiger partial charge is 0.493 e. The molecular formula is C12H16FNO. The summed E-state index contributed by atoms with van der Waals surface area (Å²) in [5.74, 6) is 1.09. The van der Waals surface area contributed by atoms with Crippen molar-refractivity contribution in [2.75, 3.05) is 13.2 Å². The van der Waals surface area contributed by atoms with Crippen molar-refractivity contribution in [2.45, 2.75) is 19.3 Å². The summed E-state index contributed by atoms with van der Waals surface area (Å²) in [4.78, 5) is 0. The Labute approximate surface area is 89.2 Å². The normalized spacial score (nSPS) is 15.3. The first-order valence-corrected chi connectivity index (χ1v) is 5.41. The number of ether oxygens (including phenoxy) is 1. The van der Waals surface area contributed by atoms with Crippen molar-refractivity contribution >= 4 is 0 Å². The third-order valence-corrected chi connectivity index (χ3v) is 2.61. The van der Waals surface area contributed by atoms with Crippen molar-refractivity contribution < 1.29 is 9.13 Å². The number of nitrogens with two attached hydrogens (primary N) is 1. The molecule has 2 N–H and O–H groups in total. The average molecular weight is 209 g/mol. The van der Waals surface area contributed by atoms with Gasteiger partial charge in [-0.15, -0.1) is 0 Å². The van der Waals surface area contributed by atoms with Crippen LogP contribution < -0.4 is 10.5 Å². The maximum atomic E-state index is 13.0. The molecule has 0 aliphatic heterocycles. The van der Waals surface area contributed by atoms with Crippen LogP contribution in [0.5, 0.6) is 5.75 Å². The van der Waals surface area contributed by atoms with Gasteiger partial charge in [0.2, 0.25) is 0 Å². The van der Waals surface area contributed by atoms with Crippen LogP contribution in [0.1, 0.15) is 18.4 Å². The summed E-state index contributed by atoms with van der Waals surface area (Å²) in [6.07, 6.45) is 3.21. The van der Waals surface area contributed by atoms with Gasteiger partial charge in [0.05, 0.1) is 6.61 Å². The van der Waals surface area contributed by atoms with Gasteiger partial charge in [-0.1, -0.05) is 6.07 Å². The molecule has 1 aliphatic rings. The van der Waals surface area contributed by atoms with Crippen LogP contribution in [0.2, 0.25) is 0 Å². The molecule has 0 spiro atoms. The van der Waals surface area contributed by atoms with E-state index in [2.05, 4.69) is 0 Å². The molecule has 0 saturated heterocycles. The second-order valence-corrected chi connectivity index (χ2v) is 4.05. The van der Waals surface area contributed by atoms with Crippen molar-refractivity contribution in [1.82, 2.24) is 0 Å². The molecule has 2 nitrogen and oxygen atoms in total. The maximum Gasteiger partial charge on any atom is 0.126 e. The van der Waals surface area contributed by atoms with Gasteiger partial charge in [0.1, 0.15) is 11.6 Å². The smallest absolute Gasteiger partial charge is 0.126 e. The third kappa shape index (κ3) is 2.93. The minimum absolute atomic E-state index is 0.249. The highest BCUT2D eigenvalue weighted by Crippen LogP contribution is 2.30. The standard InChI is InChI=1S/C12H16FNO/c13-11-4-3-10(5-6-14)12(7-11)15-8-9-1-2-9/h3-4,7,9H,1-2,5-6,8,14H2. The molecule has 82 valence electrons. The van der Waals surface area contributed by atoms with Crippen molar-refractivity contribution in [3.63, 3.8) is 0 Å². The van der Waals surface area contributed by atoms with E-state index in [4.69, 9.17) is 10.5 Å². The lowest BCUT2D eigenvalue weighted by molar-refractivity contribution is 0.295. The molecule has 0 radical (unpaired) electrons. The molecular weight excluding hydrogens is 193 g/mol. The Balaban J connectivity index is 2.05. The van der Waals surface area contributed by atoms with E-state index in [1.165, 1.54) is 25.0 Å². The van der Waals surface area contributed by atoms with E-state index < -0.39 is 0 Å². The Morgan fingerprint density at radius 2 is 2.20 bits per heavy atom. The van der Waals surface area contributed by atoms with Gasteiger partial charge in [-0.2, -0.15) is 0 Å². The molecule has 1 saturated carbocycles. The molecule has 0 aromatic heterocycles. The average Bonchev–Trinajstić information content (AvgIpc) is 3.02. The van der Waals surface area contributed by atoms with E-state index in [0.29, 0.717) is 24.8 Å². The van der Waals surface area contributed by atoms with Crippen LogP contribution in [0.15, 0.2) is 18.2 Å².